The van der Waals surface area contributed by atoms with Crippen LogP contribution in [0.4, 0.5) is 10.5 Å². The molecule has 0 spiro atoms. The Morgan fingerprint density at radius 3 is 2.50 bits per heavy atom. The molecule has 0 radical (unpaired) electrons. The molecule has 4 nitrogen and oxygen atoms in total. The van der Waals surface area contributed by atoms with Crippen LogP contribution in [-0.4, -0.2) is 11.9 Å². The summed E-state index contributed by atoms with van der Waals surface area (Å²) in [4.78, 5) is 23.1. The number of allylic oxidation sites excluding steroid dienone is 1. The second kappa shape index (κ2) is 7.78. The van der Waals surface area contributed by atoms with Crippen molar-refractivity contribution in [1.29, 1.82) is 0 Å². The van der Waals surface area contributed by atoms with E-state index in [9.17, 15) is 9.59 Å². The Balaban J connectivity index is 1.89. The van der Waals surface area contributed by atoms with Crippen LogP contribution < -0.4 is 5.32 Å². The number of rotatable bonds is 6. The molecule has 0 aliphatic carbocycles. The Kier molecular flexibility index (Phi) is 5.49. The van der Waals surface area contributed by atoms with Gasteiger partial charge in [0.25, 0.3) is 0 Å². The molecule has 1 N–H and O–H groups in total. The van der Waals surface area contributed by atoms with Crippen LogP contribution in [0.1, 0.15) is 11.1 Å². The van der Waals surface area contributed by atoms with Crippen molar-refractivity contribution in [1.82, 2.24) is 0 Å². The van der Waals surface area contributed by atoms with Crippen molar-refractivity contribution in [3.63, 3.8) is 0 Å². The van der Waals surface area contributed by atoms with Crippen LogP contribution in [0.5, 0.6) is 0 Å². The molecule has 0 atom stereocenters. The third-order valence-electron chi connectivity index (χ3n) is 2.99. The SMILES string of the molecule is C=CC(=O)Cc1cccc(NC(=O)OCc2ccccc2)c1. The Morgan fingerprint density at radius 2 is 1.77 bits per heavy atom. The topological polar surface area (TPSA) is 55.4 Å². The fourth-order valence-electron chi connectivity index (χ4n) is 1.91. The van der Waals surface area contributed by atoms with Gasteiger partial charge in [-0.2, -0.15) is 0 Å². The molecule has 0 saturated heterocycles. The first-order valence-corrected chi connectivity index (χ1v) is 6.89. The molecule has 0 heterocycles. The number of amides is 1. The molecule has 2 aromatic carbocycles. The van der Waals surface area contributed by atoms with Gasteiger partial charge < -0.3 is 4.74 Å². The Bertz CT molecular complexity index is 665. The van der Waals surface area contributed by atoms with Gasteiger partial charge in [-0.25, -0.2) is 4.79 Å². The molecular weight excluding hydrogens is 278 g/mol. The monoisotopic (exact) mass is 295 g/mol. The van der Waals surface area contributed by atoms with Crippen molar-refractivity contribution in [2.45, 2.75) is 13.0 Å². The molecule has 2 rings (SSSR count). The van der Waals surface area contributed by atoms with Crippen LogP contribution in [-0.2, 0) is 22.6 Å². The maximum Gasteiger partial charge on any atom is 0.411 e. The Labute approximate surface area is 129 Å². The number of anilines is 1. The summed E-state index contributed by atoms with van der Waals surface area (Å²) in [5, 5.41) is 2.65. The zero-order chi connectivity index (χ0) is 15.8. The van der Waals surface area contributed by atoms with Gasteiger partial charge in [-0.3, -0.25) is 10.1 Å². The van der Waals surface area contributed by atoms with Crippen LogP contribution in [0.15, 0.2) is 67.3 Å². The minimum Gasteiger partial charge on any atom is -0.444 e. The van der Waals surface area contributed by atoms with Gasteiger partial charge >= 0.3 is 6.09 Å². The molecule has 22 heavy (non-hydrogen) atoms. The van der Waals surface area contributed by atoms with Gasteiger partial charge in [0, 0.05) is 12.1 Å². The van der Waals surface area contributed by atoms with E-state index in [-0.39, 0.29) is 18.8 Å². The first-order chi connectivity index (χ1) is 10.7. The molecule has 0 aromatic heterocycles. The summed E-state index contributed by atoms with van der Waals surface area (Å²) in [6.45, 7) is 3.65. The van der Waals surface area contributed by atoms with E-state index in [2.05, 4.69) is 11.9 Å². The number of hydrogen-bond donors (Lipinski definition) is 1. The lowest BCUT2D eigenvalue weighted by molar-refractivity contribution is -0.114. The zero-order valence-corrected chi connectivity index (χ0v) is 12.1. The van der Waals surface area contributed by atoms with Gasteiger partial charge in [-0.15, -0.1) is 0 Å². The van der Waals surface area contributed by atoms with E-state index < -0.39 is 6.09 Å². The molecule has 0 unspecified atom stereocenters. The lowest BCUT2D eigenvalue weighted by Crippen LogP contribution is -2.13. The van der Waals surface area contributed by atoms with Crippen molar-refractivity contribution < 1.29 is 14.3 Å². The van der Waals surface area contributed by atoms with Crippen molar-refractivity contribution in [3.8, 4) is 0 Å². The maximum absolute atomic E-state index is 11.8. The Morgan fingerprint density at radius 1 is 1.05 bits per heavy atom. The molecule has 2 aromatic rings. The average Bonchev–Trinajstić information content (AvgIpc) is 2.54. The molecule has 4 heteroatoms. The molecular formula is C18H17NO3. The number of carbonyl (C=O) groups excluding carboxylic acids is 2. The minimum absolute atomic E-state index is 0.0659. The number of ether oxygens (including phenoxy) is 1. The van der Waals surface area contributed by atoms with E-state index in [4.69, 9.17) is 4.74 Å². The van der Waals surface area contributed by atoms with E-state index in [1.54, 1.807) is 18.2 Å². The Hall–Kier alpha value is -2.88. The number of nitrogens with one attached hydrogen (secondary N) is 1. The van der Waals surface area contributed by atoms with E-state index in [1.165, 1.54) is 6.08 Å². The zero-order valence-electron chi connectivity index (χ0n) is 12.1. The summed E-state index contributed by atoms with van der Waals surface area (Å²) in [5.74, 6) is -0.0659. The quantitative estimate of drug-likeness (QED) is 0.826. The number of carbonyl (C=O) groups is 2. The smallest absolute Gasteiger partial charge is 0.411 e. The minimum atomic E-state index is -0.531. The standard InChI is InChI=1S/C18H17NO3/c1-2-17(20)12-15-9-6-10-16(11-15)19-18(21)22-13-14-7-4-3-5-8-14/h2-11H,1,12-13H2,(H,19,21). The van der Waals surface area contributed by atoms with Crippen molar-refractivity contribution >= 4 is 17.6 Å². The summed E-state index contributed by atoms with van der Waals surface area (Å²) in [7, 11) is 0. The molecule has 0 aliphatic rings. The van der Waals surface area contributed by atoms with Gasteiger partial charge in [0.1, 0.15) is 6.61 Å². The third kappa shape index (κ3) is 4.90. The molecule has 1 amide bonds. The lowest BCUT2D eigenvalue weighted by atomic mass is 10.1. The van der Waals surface area contributed by atoms with Crippen molar-refractivity contribution in [2.75, 3.05) is 5.32 Å². The predicted molar refractivity (Wildman–Crippen MR) is 85.6 cm³/mol. The molecule has 0 saturated carbocycles. The van der Waals surface area contributed by atoms with Crippen LogP contribution in [0, 0.1) is 0 Å². The van der Waals surface area contributed by atoms with Gasteiger partial charge in [-0.05, 0) is 29.3 Å². The van der Waals surface area contributed by atoms with Gasteiger partial charge in [0.05, 0.1) is 0 Å². The predicted octanol–water partition coefficient (Wildman–Crippen LogP) is 3.73. The lowest BCUT2D eigenvalue weighted by Gasteiger charge is -2.08. The van der Waals surface area contributed by atoms with Crippen LogP contribution in [0.25, 0.3) is 0 Å². The fourth-order valence-corrected chi connectivity index (χ4v) is 1.91. The maximum atomic E-state index is 11.8. The molecule has 112 valence electrons. The molecule has 0 bridgehead atoms. The van der Waals surface area contributed by atoms with Gasteiger partial charge in [0.15, 0.2) is 5.78 Å². The van der Waals surface area contributed by atoms with Crippen LogP contribution in [0.2, 0.25) is 0 Å². The van der Waals surface area contributed by atoms with E-state index in [0.29, 0.717) is 5.69 Å². The highest BCUT2D eigenvalue weighted by molar-refractivity contribution is 5.91. The summed E-state index contributed by atoms with van der Waals surface area (Å²) >= 11 is 0. The second-order valence-corrected chi connectivity index (χ2v) is 4.73. The summed E-state index contributed by atoms with van der Waals surface area (Å²) in [6.07, 6.45) is 1.02. The molecule has 0 fully saturated rings. The highest BCUT2D eigenvalue weighted by atomic mass is 16.5. The van der Waals surface area contributed by atoms with Gasteiger partial charge in [0.2, 0.25) is 0 Å². The van der Waals surface area contributed by atoms with E-state index >= 15 is 0 Å². The largest absolute Gasteiger partial charge is 0.444 e. The summed E-state index contributed by atoms with van der Waals surface area (Å²) in [6, 6.07) is 16.5. The van der Waals surface area contributed by atoms with Gasteiger partial charge in [-0.1, -0.05) is 49.0 Å². The summed E-state index contributed by atoms with van der Waals surface area (Å²) in [5.41, 5.74) is 2.32. The second-order valence-electron chi connectivity index (χ2n) is 4.73. The number of hydrogen-bond acceptors (Lipinski definition) is 3. The summed E-state index contributed by atoms with van der Waals surface area (Å²) < 4.78 is 5.14. The van der Waals surface area contributed by atoms with E-state index in [1.807, 2.05) is 36.4 Å². The first kappa shape index (κ1) is 15.5. The third-order valence-corrected chi connectivity index (χ3v) is 2.99. The fraction of sp³-hybridized carbons (Fsp3) is 0.111. The van der Waals surface area contributed by atoms with Crippen molar-refractivity contribution in [3.05, 3.63) is 78.4 Å². The number of benzene rings is 2. The van der Waals surface area contributed by atoms with Crippen molar-refractivity contribution in [2.24, 2.45) is 0 Å². The average molecular weight is 295 g/mol. The highest BCUT2D eigenvalue weighted by Crippen LogP contribution is 2.12. The van der Waals surface area contributed by atoms with Crippen LogP contribution in [0.3, 0.4) is 0 Å². The van der Waals surface area contributed by atoms with Crippen LogP contribution >= 0.6 is 0 Å². The molecule has 0 aliphatic heterocycles. The normalized spacial score (nSPS) is 9.82. The number of ketones is 1. The highest BCUT2D eigenvalue weighted by Gasteiger charge is 2.05. The first-order valence-electron chi connectivity index (χ1n) is 6.89. The van der Waals surface area contributed by atoms with E-state index in [0.717, 1.165) is 11.1 Å².